The molecule has 2 aromatic rings. The van der Waals surface area contributed by atoms with E-state index in [9.17, 15) is 24.3 Å². The summed E-state index contributed by atoms with van der Waals surface area (Å²) in [5.74, 6) is -2.40. The summed E-state index contributed by atoms with van der Waals surface area (Å²) < 4.78 is 20.4. The zero-order valence-electron chi connectivity index (χ0n) is 19.8. The predicted molar refractivity (Wildman–Crippen MR) is 140 cm³/mol. The number of anilines is 1. The SMILES string of the molecule is CC(=O)NC[C@H]1CN(c2ccc(-c3ccc(/C=C4\SC(=S)N(C(C)C(=O)O)C4=O)cc3)c(F)c2)C(=O)O1. The highest BCUT2D eigenvalue weighted by Crippen LogP contribution is 2.35. The molecule has 2 aliphatic rings. The minimum absolute atomic E-state index is 0.174. The van der Waals surface area contributed by atoms with E-state index in [2.05, 4.69) is 5.32 Å². The van der Waals surface area contributed by atoms with Crippen molar-refractivity contribution in [3.8, 4) is 11.1 Å². The highest BCUT2D eigenvalue weighted by atomic mass is 32.2. The fourth-order valence-electron chi connectivity index (χ4n) is 3.84. The van der Waals surface area contributed by atoms with Gasteiger partial charge in [-0.1, -0.05) is 48.2 Å². The number of ether oxygens (including phenoxy) is 1. The number of carboxylic acid groups (broad SMARTS) is 1. The van der Waals surface area contributed by atoms with Gasteiger partial charge in [0.25, 0.3) is 5.91 Å². The lowest BCUT2D eigenvalue weighted by atomic mass is 10.0. The van der Waals surface area contributed by atoms with Gasteiger partial charge in [0.1, 0.15) is 22.3 Å². The van der Waals surface area contributed by atoms with Crippen LogP contribution in [-0.4, -0.2) is 63.4 Å². The molecule has 4 rings (SSSR count). The van der Waals surface area contributed by atoms with Crippen molar-refractivity contribution in [1.29, 1.82) is 0 Å². The fraction of sp³-hybridized carbons (Fsp3) is 0.240. The van der Waals surface area contributed by atoms with Crippen LogP contribution in [0.5, 0.6) is 0 Å². The highest BCUT2D eigenvalue weighted by molar-refractivity contribution is 8.26. The van der Waals surface area contributed by atoms with Gasteiger partial charge in [0, 0.05) is 12.5 Å². The quantitative estimate of drug-likeness (QED) is 0.402. The van der Waals surface area contributed by atoms with Gasteiger partial charge in [0.2, 0.25) is 5.91 Å². The number of thioether (sulfide) groups is 1. The number of cyclic esters (lactones) is 1. The molecule has 9 nitrogen and oxygen atoms in total. The maximum Gasteiger partial charge on any atom is 0.414 e. The molecule has 0 aromatic heterocycles. The first-order chi connectivity index (χ1) is 17.5. The van der Waals surface area contributed by atoms with Crippen molar-refractivity contribution in [1.82, 2.24) is 10.2 Å². The van der Waals surface area contributed by atoms with Crippen molar-refractivity contribution in [3.63, 3.8) is 0 Å². The molecule has 12 heteroatoms. The summed E-state index contributed by atoms with van der Waals surface area (Å²) in [6, 6.07) is 10.2. The lowest BCUT2D eigenvalue weighted by Gasteiger charge is -2.18. The van der Waals surface area contributed by atoms with Crippen LogP contribution in [0.15, 0.2) is 47.4 Å². The third-order valence-electron chi connectivity index (χ3n) is 5.80. The molecular weight excluding hydrogens is 521 g/mol. The topological polar surface area (TPSA) is 116 Å². The number of carbonyl (C=O) groups is 4. The molecule has 2 aliphatic heterocycles. The van der Waals surface area contributed by atoms with Gasteiger partial charge < -0.3 is 15.2 Å². The average molecular weight is 544 g/mol. The Bertz CT molecular complexity index is 1330. The third kappa shape index (κ3) is 5.65. The van der Waals surface area contributed by atoms with E-state index in [1.54, 1.807) is 42.5 Å². The first-order valence-corrected chi connectivity index (χ1v) is 12.4. The summed E-state index contributed by atoms with van der Waals surface area (Å²) in [5.41, 5.74) is 1.90. The molecular formula is C25H22FN3O6S2. The van der Waals surface area contributed by atoms with Crippen LogP contribution in [0.25, 0.3) is 17.2 Å². The lowest BCUT2D eigenvalue weighted by molar-refractivity contribution is -0.144. The second-order valence-electron chi connectivity index (χ2n) is 8.41. The molecule has 2 fully saturated rings. The Balaban J connectivity index is 1.48. The standard InChI is InChI=1S/C25H22FN3O6S2/c1-13(23(32)33)29-22(31)21(37-25(29)36)9-15-3-5-16(6-4-15)19-8-7-17(10-20(19)26)28-12-18(35-24(28)34)11-27-14(2)30/h3-10,13,18H,11-12H2,1-2H3,(H,27,30)(H,32,33)/b21-9-/t13?,18-/m0/s1. The van der Waals surface area contributed by atoms with Crippen molar-refractivity contribution < 1.29 is 33.4 Å². The molecule has 2 N–H and O–H groups in total. The molecule has 192 valence electrons. The maximum atomic E-state index is 15.0. The number of carbonyl (C=O) groups excluding carboxylic acids is 3. The summed E-state index contributed by atoms with van der Waals surface area (Å²) in [6.45, 7) is 3.11. The number of nitrogens with one attached hydrogen (secondary N) is 1. The van der Waals surface area contributed by atoms with Gasteiger partial charge in [0.05, 0.1) is 23.7 Å². The van der Waals surface area contributed by atoms with E-state index >= 15 is 4.39 Å². The van der Waals surface area contributed by atoms with Crippen LogP contribution in [0.1, 0.15) is 19.4 Å². The molecule has 2 atom stereocenters. The molecule has 0 saturated carbocycles. The van der Waals surface area contributed by atoms with Crippen LogP contribution in [0.4, 0.5) is 14.9 Å². The number of nitrogens with zero attached hydrogens (tertiary/aromatic N) is 2. The number of amides is 3. The molecule has 2 heterocycles. The number of aliphatic carboxylic acids is 1. The summed E-state index contributed by atoms with van der Waals surface area (Å²) in [5, 5.41) is 11.8. The van der Waals surface area contributed by atoms with E-state index in [4.69, 9.17) is 17.0 Å². The van der Waals surface area contributed by atoms with Crippen molar-refractivity contribution in [2.75, 3.05) is 18.0 Å². The van der Waals surface area contributed by atoms with Crippen LogP contribution >= 0.6 is 24.0 Å². The van der Waals surface area contributed by atoms with Gasteiger partial charge in [-0.25, -0.2) is 14.0 Å². The van der Waals surface area contributed by atoms with Gasteiger partial charge in [-0.3, -0.25) is 19.4 Å². The summed E-state index contributed by atoms with van der Waals surface area (Å²) in [4.78, 5) is 49.9. The van der Waals surface area contributed by atoms with Gasteiger partial charge in [-0.05, 0) is 42.3 Å². The Morgan fingerprint density at radius 3 is 2.59 bits per heavy atom. The fourth-order valence-corrected chi connectivity index (χ4v) is 5.26. The summed E-state index contributed by atoms with van der Waals surface area (Å²) in [7, 11) is 0. The van der Waals surface area contributed by atoms with Crippen LogP contribution in [0, 0.1) is 5.82 Å². The molecule has 0 bridgehead atoms. The molecule has 2 saturated heterocycles. The average Bonchev–Trinajstić information content (AvgIpc) is 3.35. The summed E-state index contributed by atoms with van der Waals surface area (Å²) in [6.07, 6.45) is 0.461. The number of benzene rings is 2. The molecule has 0 spiro atoms. The van der Waals surface area contributed by atoms with Crippen LogP contribution in [0.2, 0.25) is 0 Å². The smallest absolute Gasteiger partial charge is 0.414 e. The minimum atomic E-state index is -1.15. The van der Waals surface area contributed by atoms with E-state index in [1.807, 2.05) is 0 Å². The van der Waals surface area contributed by atoms with Crippen LogP contribution in [0.3, 0.4) is 0 Å². The van der Waals surface area contributed by atoms with E-state index in [0.717, 1.165) is 16.7 Å². The van der Waals surface area contributed by atoms with Crippen LogP contribution in [-0.2, 0) is 19.1 Å². The maximum absolute atomic E-state index is 15.0. The lowest BCUT2D eigenvalue weighted by Crippen LogP contribution is -2.41. The predicted octanol–water partition coefficient (Wildman–Crippen LogP) is 3.63. The highest BCUT2D eigenvalue weighted by Gasteiger charge is 2.38. The van der Waals surface area contributed by atoms with Gasteiger partial charge in [-0.15, -0.1) is 0 Å². The van der Waals surface area contributed by atoms with Crippen molar-refractivity contribution in [2.24, 2.45) is 0 Å². The first-order valence-electron chi connectivity index (χ1n) is 11.2. The minimum Gasteiger partial charge on any atom is -0.480 e. The molecule has 0 radical (unpaired) electrons. The number of carboxylic acids is 1. The molecule has 3 amide bonds. The molecule has 2 aromatic carbocycles. The largest absolute Gasteiger partial charge is 0.480 e. The number of rotatable bonds is 7. The number of hydrogen-bond donors (Lipinski definition) is 2. The molecule has 1 unspecified atom stereocenters. The van der Waals surface area contributed by atoms with Crippen molar-refractivity contribution in [3.05, 3.63) is 58.8 Å². The Kier molecular flexibility index (Phi) is 7.60. The van der Waals surface area contributed by atoms with E-state index in [1.165, 1.54) is 24.8 Å². The zero-order valence-corrected chi connectivity index (χ0v) is 21.4. The molecule has 0 aliphatic carbocycles. The Morgan fingerprint density at radius 2 is 1.97 bits per heavy atom. The number of hydrogen-bond acceptors (Lipinski definition) is 7. The Labute approximate surface area is 221 Å². The zero-order chi connectivity index (χ0) is 26.9. The second kappa shape index (κ2) is 10.7. The van der Waals surface area contributed by atoms with Crippen molar-refractivity contribution in [2.45, 2.75) is 26.0 Å². The first kappa shape index (κ1) is 26.3. The summed E-state index contributed by atoms with van der Waals surface area (Å²) >= 11 is 6.19. The Morgan fingerprint density at radius 1 is 1.27 bits per heavy atom. The van der Waals surface area contributed by atoms with E-state index in [0.29, 0.717) is 27.3 Å². The van der Waals surface area contributed by atoms with Gasteiger partial charge >= 0.3 is 12.1 Å². The molecule has 37 heavy (non-hydrogen) atoms. The van der Waals surface area contributed by atoms with E-state index < -0.39 is 35.9 Å². The second-order valence-corrected chi connectivity index (χ2v) is 10.1. The number of thiocarbonyl (C=S) groups is 1. The van der Waals surface area contributed by atoms with Crippen LogP contribution < -0.4 is 10.2 Å². The van der Waals surface area contributed by atoms with Gasteiger partial charge in [-0.2, -0.15) is 0 Å². The normalized spacial score (nSPS) is 19.4. The number of halogens is 1. The Hall–Kier alpha value is -3.77. The monoisotopic (exact) mass is 543 g/mol. The van der Waals surface area contributed by atoms with Crippen molar-refractivity contribution >= 4 is 63.9 Å². The third-order valence-corrected chi connectivity index (χ3v) is 7.14. The van der Waals surface area contributed by atoms with E-state index in [-0.39, 0.29) is 23.3 Å². The van der Waals surface area contributed by atoms with Gasteiger partial charge in [0.15, 0.2) is 0 Å².